The van der Waals surface area contributed by atoms with Gasteiger partial charge in [-0.25, -0.2) is 4.79 Å². The van der Waals surface area contributed by atoms with Crippen molar-refractivity contribution in [3.8, 4) is 33.5 Å². The van der Waals surface area contributed by atoms with Crippen molar-refractivity contribution < 1.29 is 33.0 Å². The lowest BCUT2D eigenvalue weighted by Crippen LogP contribution is -2.29. The van der Waals surface area contributed by atoms with Crippen LogP contribution in [0.15, 0.2) is 45.7 Å². The van der Waals surface area contributed by atoms with Gasteiger partial charge in [-0.1, -0.05) is 17.4 Å². The fraction of sp³-hybridized carbons (Fsp3) is 0.357. The SMILES string of the molecule is COc1cccc(OC)c1-c1cc(C(=O)Nc2nnc(-n3nccc3NC(C)=O)s2)oc(=O)c1OC(C)COC(C)(C)C. The first-order chi connectivity index (χ1) is 20.4. The second-order valence-corrected chi connectivity index (χ2v) is 11.1. The summed E-state index contributed by atoms with van der Waals surface area (Å²) >= 11 is 0.987. The summed E-state index contributed by atoms with van der Waals surface area (Å²) < 4.78 is 29.7. The zero-order valence-corrected chi connectivity index (χ0v) is 25.5. The van der Waals surface area contributed by atoms with Gasteiger partial charge in [-0.2, -0.15) is 9.78 Å². The number of benzene rings is 1. The Labute approximate surface area is 250 Å². The molecule has 0 bridgehead atoms. The topological polar surface area (TPSA) is 169 Å². The van der Waals surface area contributed by atoms with Crippen molar-refractivity contribution in [3.63, 3.8) is 0 Å². The molecule has 14 nitrogen and oxygen atoms in total. The van der Waals surface area contributed by atoms with Crippen LogP contribution in [0.2, 0.25) is 0 Å². The van der Waals surface area contributed by atoms with Gasteiger partial charge in [0.15, 0.2) is 5.76 Å². The van der Waals surface area contributed by atoms with Crippen LogP contribution in [0.25, 0.3) is 16.3 Å². The van der Waals surface area contributed by atoms with Gasteiger partial charge < -0.3 is 28.7 Å². The number of hydrogen-bond acceptors (Lipinski definition) is 12. The third-order valence-electron chi connectivity index (χ3n) is 5.66. The number of ether oxygens (including phenoxy) is 4. The average molecular weight is 613 g/mol. The quantitative estimate of drug-likeness (QED) is 0.249. The maximum atomic E-state index is 13.3. The summed E-state index contributed by atoms with van der Waals surface area (Å²) in [6.45, 7) is 9.02. The Bertz CT molecular complexity index is 1650. The number of aromatic nitrogens is 4. The number of carbonyl (C=O) groups is 2. The van der Waals surface area contributed by atoms with E-state index in [4.69, 9.17) is 23.4 Å². The highest BCUT2D eigenvalue weighted by Crippen LogP contribution is 2.42. The summed E-state index contributed by atoms with van der Waals surface area (Å²) in [5.74, 6) is -0.402. The van der Waals surface area contributed by atoms with E-state index in [2.05, 4.69) is 25.9 Å². The fourth-order valence-electron chi connectivity index (χ4n) is 3.85. The highest BCUT2D eigenvalue weighted by molar-refractivity contribution is 7.17. The standard InChI is InChI=1S/C28H32N6O8S/c1-15(14-40-28(3,4)5)41-23-17(22-18(38-6)9-8-10-19(22)39-7)13-20(42-25(23)37)24(36)31-26-32-33-27(43-26)34-21(11-12-29-34)30-16(2)35/h8-13,15H,14H2,1-7H3,(H,30,35)(H,31,32,36). The van der Waals surface area contributed by atoms with Gasteiger partial charge in [-0.3, -0.25) is 14.9 Å². The first-order valence-electron chi connectivity index (χ1n) is 13.1. The molecule has 0 saturated heterocycles. The second-order valence-electron chi connectivity index (χ2n) is 10.2. The number of hydrogen-bond donors (Lipinski definition) is 2. The Balaban J connectivity index is 1.70. The summed E-state index contributed by atoms with van der Waals surface area (Å²) in [6, 6.07) is 8.06. The Morgan fingerprint density at radius 2 is 1.79 bits per heavy atom. The Morgan fingerprint density at radius 3 is 2.42 bits per heavy atom. The van der Waals surface area contributed by atoms with Crippen LogP contribution >= 0.6 is 11.3 Å². The number of rotatable bonds is 11. The van der Waals surface area contributed by atoms with Gasteiger partial charge >= 0.3 is 5.63 Å². The van der Waals surface area contributed by atoms with Crippen LogP contribution in [0.1, 0.15) is 45.2 Å². The van der Waals surface area contributed by atoms with Crippen molar-refractivity contribution in [1.29, 1.82) is 0 Å². The Kier molecular flexibility index (Phi) is 9.46. The lowest BCUT2D eigenvalue weighted by molar-refractivity contribution is -0.114. The van der Waals surface area contributed by atoms with Gasteiger partial charge in [0, 0.05) is 18.6 Å². The van der Waals surface area contributed by atoms with Crippen molar-refractivity contribution in [2.75, 3.05) is 31.5 Å². The largest absolute Gasteiger partial charge is 0.496 e. The molecule has 0 aliphatic rings. The van der Waals surface area contributed by atoms with Crippen LogP contribution in [0, 0.1) is 0 Å². The van der Waals surface area contributed by atoms with E-state index >= 15 is 0 Å². The highest BCUT2D eigenvalue weighted by Gasteiger charge is 2.26. The van der Waals surface area contributed by atoms with Crippen molar-refractivity contribution in [2.45, 2.75) is 46.3 Å². The van der Waals surface area contributed by atoms with Crippen LogP contribution in [0.4, 0.5) is 10.9 Å². The van der Waals surface area contributed by atoms with Gasteiger partial charge in [0.05, 0.1) is 38.2 Å². The molecule has 2 N–H and O–H groups in total. The minimum Gasteiger partial charge on any atom is -0.496 e. The maximum absolute atomic E-state index is 13.3. The van der Waals surface area contributed by atoms with E-state index in [1.165, 1.54) is 38.1 Å². The van der Waals surface area contributed by atoms with E-state index < -0.39 is 23.2 Å². The van der Waals surface area contributed by atoms with Gasteiger partial charge in [-0.15, -0.1) is 10.2 Å². The highest BCUT2D eigenvalue weighted by atomic mass is 32.1. The first kappa shape index (κ1) is 31.2. The number of anilines is 2. The minimum absolute atomic E-state index is 0.0941. The molecule has 0 aliphatic carbocycles. The molecular weight excluding hydrogens is 580 g/mol. The van der Waals surface area contributed by atoms with Crippen LogP contribution in [-0.4, -0.2) is 64.3 Å². The van der Waals surface area contributed by atoms with E-state index in [1.54, 1.807) is 31.2 Å². The molecule has 0 spiro atoms. The van der Waals surface area contributed by atoms with E-state index in [9.17, 15) is 14.4 Å². The molecule has 0 radical (unpaired) electrons. The summed E-state index contributed by atoms with van der Waals surface area (Å²) in [6.07, 6.45) is 0.929. The summed E-state index contributed by atoms with van der Waals surface area (Å²) in [7, 11) is 2.95. The Hall–Kier alpha value is -4.76. The molecule has 228 valence electrons. The number of methoxy groups -OCH3 is 2. The third kappa shape index (κ3) is 7.55. The van der Waals surface area contributed by atoms with Gasteiger partial charge in [0.2, 0.25) is 21.9 Å². The van der Waals surface area contributed by atoms with Crippen LogP contribution in [0.5, 0.6) is 17.2 Å². The van der Waals surface area contributed by atoms with E-state index in [-0.39, 0.29) is 39.9 Å². The zero-order chi connectivity index (χ0) is 31.3. The van der Waals surface area contributed by atoms with Gasteiger partial charge in [-0.05, 0) is 45.9 Å². The van der Waals surface area contributed by atoms with Crippen molar-refractivity contribution >= 4 is 34.1 Å². The molecular formula is C28H32N6O8S. The first-order valence-corrected chi connectivity index (χ1v) is 13.9. The van der Waals surface area contributed by atoms with E-state index in [0.29, 0.717) is 22.9 Å². The molecule has 3 aromatic heterocycles. The smallest absolute Gasteiger partial charge is 0.379 e. The van der Waals surface area contributed by atoms with Gasteiger partial charge in [0.1, 0.15) is 23.4 Å². The molecule has 15 heteroatoms. The second kappa shape index (κ2) is 13.0. The number of amides is 2. The Morgan fingerprint density at radius 1 is 1.09 bits per heavy atom. The normalized spacial score (nSPS) is 12.0. The summed E-state index contributed by atoms with van der Waals surface area (Å²) in [5, 5.41) is 17.7. The molecule has 0 aliphatic heterocycles. The molecule has 4 rings (SSSR count). The lowest BCUT2D eigenvalue weighted by atomic mass is 10.0. The molecule has 1 atom stereocenters. The average Bonchev–Trinajstić information content (AvgIpc) is 3.60. The summed E-state index contributed by atoms with van der Waals surface area (Å²) in [5.41, 5.74) is -0.719. The van der Waals surface area contributed by atoms with Crippen molar-refractivity contribution in [2.24, 2.45) is 0 Å². The third-order valence-corrected chi connectivity index (χ3v) is 6.48. The number of nitrogens with zero attached hydrogens (tertiary/aromatic N) is 4. The molecule has 4 aromatic rings. The molecule has 1 unspecified atom stereocenters. The fourth-order valence-corrected chi connectivity index (χ4v) is 4.56. The lowest BCUT2D eigenvalue weighted by Gasteiger charge is -2.24. The molecule has 43 heavy (non-hydrogen) atoms. The van der Waals surface area contributed by atoms with E-state index in [0.717, 1.165) is 11.3 Å². The van der Waals surface area contributed by atoms with Crippen LogP contribution < -0.4 is 30.5 Å². The number of carbonyl (C=O) groups excluding carboxylic acids is 2. The van der Waals surface area contributed by atoms with Crippen LogP contribution in [0.3, 0.4) is 0 Å². The molecule has 0 fully saturated rings. The molecule has 1 aromatic carbocycles. The predicted octanol–water partition coefficient (Wildman–Crippen LogP) is 4.15. The maximum Gasteiger partial charge on any atom is 0.379 e. The van der Waals surface area contributed by atoms with Crippen molar-refractivity contribution in [1.82, 2.24) is 20.0 Å². The van der Waals surface area contributed by atoms with Gasteiger partial charge in [0.25, 0.3) is 5.91 Å². The van der Waals surface area contributed by atoms with Crippen LogP contribution in [-0.2, 0) is 9.53 Å². The molecule has 3 heterocycles. The molecule has 2 amide bonds. The summed E-state index contributed by atoms with van der Waals surface area (Å²) in [4.78, 5) is 38.1. The predicted molar refractivity (Wildman–Crippen MR) is 159 cm³/mol. The zero-order valence-electron chi connectivity index (χ0n) is 24.7. The van der Waals surface area contributed by atoms with E-state index in [1.807, 2.05) is 20.8 Å². The molecule has 0 saturated carbocycles. The monoisotopic (exact) mass is 612 g/mol. The number of nitrogens with one attached hydrogen (secondary N) is 2. The van der Waals surface area contributed by atoms with Crippen molar-refractivity contribution in [3.05, 3.63) is 52.7 Å². The minimum atomic E-state index is -0.896.